The Balaban J connectivity index is 1.16. The molecule has 7 heteroatoms. The van der Waals surface area contributed by atoms with Gasteiger partial charge >= 0.3 is 0 Å². The van der Waals surface area contributed by atoms with Gasteiger partial charge in [0.15, 0.2) is 23.0 Å². The molecule has 2 aliphatic heterocycles. The van der Waals surface area contributed by atoms with E-state index in [1.165, 1.54) is 25.9 Å². The molecule has 2 aromatic heterocycles. The Hall–Kier alpha value is -3.58. The molecule has 1 saturated heterocycles. The Bertz CT molecular complexity index is 1280. The molecule has 0 spiro atoms. The number of likely N-dealkylation sites (tertiary alicyclic amines) is 1. The molecular weight excluding hydrogens is 428 g/mol. The molecule has 4 heterocycles. The fourth-order valence-corrected chi connectivity index (χ4v) is 4.63. The number of rotatable bonds is 7. The third-order valence-corrected chi connectivity index (χ3v) is 6.40. The first kappa shape index (κ1) is 21.0. The first-order valence-corrected chi connectivity index (χ1v) is 12.0. The number of benzene rings is 2. The van der Waals surface area contributed by atoms with Crippen molar-refractivity contribution in [2.24, 2.45) is 0 Å². The summed E-state index contributed by atoms with van der Waals surface area (Å²) in [5, 5.41) is 4.81. The van der Waals surface area contributed by atoms with E-state index in [2.05, 4.69) is 17.0 Å². The molecule has 2 aromatic carbocycles. The van der Waals surface area contributed by atoms with Crippen LogP contribution in [0.4, 0.5) is 0 Å². The second kappa shape index (κ2) is 9.35. The summed E-state index contributed by atoms with van der Waals surface area (Å²) in [5.41, 5.74) is 3.96. The summed E-state index contributed by atoms with van der Waals surface area (Å²) in [6.45, 7) is 5.28. The monoisotopic (exact) mass is 456 g/mol. The van der Waals surface area contributed by atoms with Crippen LogP contribution in [0.2, 0.25) is 0 Å². The van der Waals surface area contributed by atoms with E-state index in [4.69, 9.17) is 24.3 Å². The van der Waals surface area contributed by atoms with E-state index in [0.717, 1.165) is 58.7 Å². The van der Waals surface area contributed by atoms with Gasteiger partial charge in [-0.25, -0.2) is 9.50 Å². The summed E-state index contributed by atoms with van der Waals surface area (Å²) in [6, 6.07) is 20.3. The summed E-state index contributed by atoms with van der Waals surface area (Å²) in [5.74, 6) is 3.24. The van der Waals surface area contributed by atoms with E-state index in [1.54, 1.807) is 0 Å². The van der Waals surface area contributed by atoms with Crippen molar-refractivity contribution in [3.63, 3.8) is 0 Å². The van der Waals surface area contributed by atoms with E-state index < -0.39 is 0 Å². The molecule has 4 aromatic rings. The lowest BCUT2D eigenvalue weighted by Crippen LogP contribution is -2.25. The summed E-state index contributed by atoms with van der Waals surface area (Å²) in [4.78, 5) is 7.22. The van der Waals surface area contributed by atoms with Crippen LogP contribution in [0.3, 0.4) is 0 Å². The van der Waals surface area contributed by atoms with Crippen molar-refractivity contribution < 1.29 is 14.2 Å². The molecule has 174 valence electrons. The maximum Gasteiger partial charge on any atom is 0.162 e. The van der Waals surface area contributed by atoms with Gasteiger partial charge in [0.1, 0.15) is 25.6 Å². The zero-order valence-electron chi connectivity index (χ0n) is 19.2. The van der Waals surface area contributed by atoms with Gasteiger partial charge in [-0.1, -0.05) is 18.2 Å². The molecular formula is C27H28N4O3. The van der Waals surface area contributed by atoms with E-state index in [9.17, 15) is 0 Å². The zero-order valence-corrected chi connectivity index (χ0v) is 19.2. The second-order valence-electron chi connectivity index (χ2n) is 8.79. The van der Waals surface area contributed by atoms with Gasteiger partial charge in [0.05, 0.1) is 5.69 Å². The summed E-state index contributed by atoms with van der Waals surface area (Å²) < 4.78 is 19.2. The number of hydrogen-bond acceptors (Lipinski definition) is 6. The Kier molecular flexibility index (Phi) is 5.77. The molecule has 0 saturated carbocycles. The van der Waals surface area contributed by atoms with Gasteiger partial charge in [0.2, 0.25) is 0 Å². The standard InChI is InChI=1S/C27H28N4O3/c1-2-13-30(12-1)14-15-32-22-9-6-20(7-10-22)18-26-28-27-5-3-4-23(31(27)29-26)21-8-11-24-25(19-21)34-17-16-33-24/h3-11,19H,1-2,12-18H2. The molecule has 0 radical (unpaired) electrons. The van der Waals surface area contributed by atoms with Gasteiger partial charge in [-0.3, -0.25) is 4.90 Å². The Morgan fingerprint density at radius 3 is 2.56 bits per heavy atom. The van der Waals surface area contributed by atoms with Crippen molar-refractivity contribution in [1.29, 1.82) is 0 Å². The second-order valence-corrected chi connectivity index (χ2v) is 8.79. The summed E-state index contributed by atoms with van der Waals surface area (Å²) in [7, 11) is 0. The smallest absolute Gasteiger partial charge is 0.162 e. The topological polar surface area (TPSA) is 61.1 Å². The van der Waals surface area contributed by atoms with Crippen LogP contribution in [0.15, 0.2) is 60.7 Å². The first-order chi connectivity index (χ1) is 16.8. The third kappa shape index (κ3) is 4.43. The van der Waals surface area contributed by atoms with Crippen LogP contribution in [-0.4, -0.2) is 59.0 Å². The SMILES string of the molecule is c1cc(-c2ccc3c(c2)OCCO3)n2nc(Cc3ccc(OCCN4CCCC4)cc3)nc2c1. The van der Waals surface area contributed by atoms with Crippen LogP contribution in [0, 0.1) is 0 Å². The highest BCUT2D eigenvalue weighted by atomic mass is 16.6. The lowest BCUT2D eigenvalue weighted by atomic mass is 10.1. The number of fused-ring (bicyclic) bond motifs is 2. The van der Waals surface area contributed by atoms with Crippen molar-refractivity contribution in [3.8, 4) is 28.5 Å². The molecule has 0 bridgehead atoms. The van der Waals surface area contributed by atoms with E-state index in [-0.39, 0.29) is 0 Å². The molecule has 0 unspecified atom stereocenters. The van der Waals surface area contributed by atoms with Crippen molar-refractivity contribution >= 4 is 5.65 Å². The minimum atomic E-state index is 0.566. The first-order valence-electron chi connectivity index (χ1n) is 12.0. The predicted octanol–water partition coefficient (Wildman–Crippen LogP) is 4.23. The molecule has 1 fully saturated rings. The van der Waals surface area contributed by atoms with Gasteiger partial charge < -0.3 is 14.2 Å². The fourth-order valence-electron chi connectivity index (χ4n) is 4.63. The van der Waals surface area contributed by atoms with Crippen molar-refractivity contribution in [2.45, 2.75) is 19.3 Å². The predicted molar refractivity (Wildman–Crippen MR) is 130 cm³/mol. The van der Waals surface area contributed by atoms with Crippen molar-refractivity contribution in [2.75, 3.05) is 39.5 Å². The Labute approximate surface area is 198 Å². The number of nitrogens with zero attached hydrogens (tertiary/aromatic N) is 4. The quantitative estimate of drug-likeness (QED) is 0.415. The molecule has 7 nitrogen and oxygen atoms in total. The largest absolute Gasteiger partial charge is 0.492 e. The average Bonchev–Trinajstić information content (AvgIpc) is 3.54. The van der Waals surface area contributed by atoms with E-state index >= 15 is 0 Å². The molecule has 0 N–H and O–H groups in total. The van der Waals surface area contributed by atoms with E-state index in [0.29, 0.717) is 19.6 Å². The fraction of sp³-hybridized carbons (Fsp3) is 0.333. The molecule has 0 atom stereocenters. The maximum absolute atomic E-state index is 5.93. The zero-order chi connectivity index (χ0) is 22.7. The summed E-state index contributed by atoms with van der Waals surface area (Å²) in [6.07, 6.45) is 3.28. The lowest BCUT2D eigenvalue weighted by molar-refractivity contribution is 0.171. The van der Waals surface area contributed by atoms with Gasteiger partial charge in [-0.05, 0) is 74.0 Å². The summed E-state index contributed by atoms with van der Waals surface area (Å²) >= 11 is 0. The molecule has 0 aliphatic carbocycles. The third-order valence-electron chi connectivity index (χ3n) is 6.40. The minimum absolute atomic E-state index is 0.566. The van der Waals surface area contributed by atoms with E-state index in [1.807, 2.05) is 53.0 Å². The molecule has 6 rings (SSSR count). The van der Waals surface area contributed by atoms with Crippen LogP contribution in [-0.2, 0) is 6.42 Å². The number of ether oxygens (including phenoxy) is 3. The van der Waals surface area contributed by atoms with Gasteiger partial charge in [0.25, 0.3) is 0 Å². The highest BCUT2D eigenvalue weighted by Gasteiger charge is 2.15. The normalized spacial score (nSPS) is 15.6. The van der Waals surface area contributed by atoms with Crippen LogP contribution in [0.5, 0.6) is 17.2 Å². The van der Waals surface area contributed by atoms with Crippen molar-refractivity contribution in [3.05, 3.63) is 72.1 Å². The number of pyridine rings is 1. The highest BCUT2D eigenvalue weighted by molar-refractivity contribution is 5.66. The van der Waals surface area contributed by atoms with Gasteiger partial charge in [-0.2, -0.15) is 5.10 Å². The highest BCUT2D eigenvalue weighted by Crippen LogP contribution is 2.34. The van der Waals surface area contributed by atoms with Crippen LogP contribution >= 0.6 is 0 Å². The average molecular weight is 457 g/mol. The van der Waals surface area contributed by atoms with Crippen molar-refractivity contribution in [1.82, 2.24) is 19.5 Å². The Morgan fingerprint density at radius 2 is 1.71 bits per heavy atom. The number of aromatic nitrogens is 3. The molecule has 34 heavy (non-hydrogen) atoms. The van der Waals surface area contributed by atoms with Gasteiger partial charge in [0, 0.05) is 18.5 Å². The lowest BCUT2D eigenvalue weighted by Gasteiger charge is -2.19. The van der Waals surface area contributed by atoms with Crippen LogP contribution in [0.25, 0.3) is 16.9 Å². The molecule has 0 amide bonds. The minimum Gasteiger partial charge on any atom is -0.492 e. The Morgan fingerprint density at radius 1 is 0.882 bits per heavy atom. The van der Waals surface area contributed by atoms with Gasteiger partial charge in [-0.15, -0.1) is 0 Å². The number of hydrogen-bond donors (Lipinski definition) is 0. The maximum atomic E-state index is 5.93. The van der Waals surface area contributed by atoms with Crippen LogP contribution in [0.1, 0.15) is 24.2 Å². The molecule has 2 aliphatic rings. The van der Waals surface area contributed by atoms with Crippen LogP contribution < -0.4 is 14.2 Å².